The Morgan fingerprint density at radius 2 is 1.81 bits per heavy atom. The van der Waals surface area contributed by atoms with Crippen molar-refractivity contribution in [3.05, 3.63) is 71.0 Å². The first-order valence-electron chi connectivity index (χ1n) is 6.45. The number of allylic oxidation sites excluding steroid dienone is 10. The Labute approximate surface area is 158 Å². The third-order valence-electron chi connectivity index (χ3n) is 3.43. The molecular formula is C17H17Cl2NZr. The zero-order valence-corrected chi connectivity index (χ0v) is 16.1. The van der Waals surface area contributed by atoms with Gasteiger partial charge in [-0.2, -0.15) is 0 Å². The summed E-state index contributed by atoms with van der Waals surface area (Å²) in [5.41, 5.74) is 6.41. The molecule has 0 unspecified atom stereocenters. The summed E-state index contributed by atoms with van der Waals surface area (Å²) in [7, 11) is 0. The van der Waals surface area contributed by atoms with E-state index in [0.717, 1.165) is 12.1 Å². The standard InChI is InChI=1S/C17H17N.2ClH.Zr/c1-12(2)10-11-16-17(13-6-3-4-7-13)14-8-5-9-15(14)18-16;;;/h3-10,13H,11H2,1-2H3;2*1H;/q;;;+2/p-2. The van der Waals surface area contributed by atoms with Gasteiger partial charge in [0.15, 0.2) is 0 Å². The first kappa shape index (κ1) is 20.6. The van der Waals surface area contributed by atoms with Crippen LogP contribution in [0.5, 0.6) is 0 Å². The smallest absolute Gasteiger partial charge is 1.00 e. The second-order valence-electron chi connectivity index (χ2n) is 5.08. The van der Waals surface area contributed by atoms with Crippen LogP contribution < -0.4 is 24.8 Å². The fraction of sp³-hybridized carbons (Fsp3) is 0.235. The number of hydrogen-bond acceptors (Lipinski definition) is 1. The predicted molar refractivity (Wildman–Crippen MR) is 77.5 cm³/mol. The average molecular weight is 397 g/mol. The van der Waals surface area contributed by atoms with Gasteiger partial charge in [0, 0.05) is 23.6 Å². The van der Waals surface area contributed by atoms with Crippen LogP contribution in [0.3, 0.4) is 0 Å². The third-order valence-corrected chi connectivity index (χ3v) is 3.43. The van der Waals surface area contributed by atoms with Crippen molar-refractivity contribution in [2.75, 3.05) is 0 Å². The Balaban J connectivity index is 0.00000133. The predicted octanol–water partition coefficient (Wildman–Crippen LogP) is -1.70. The molecule has 21 heavy (non-hydrogen) atoms. The SMILES string of the molecule is CC(C)=CCC1=NC2=CC=CC2=C1C1C=CC=C1.[Cl-].[Cl-].[Zr+2]. The minimum atomic E-state index is 0. The molecule has 0 saturated carbocycles. The summed E-state index contributed by atoms with van der Waals surface area (Å²) in [5, 5.41) is 0. The Morgan fingerprint density at radius 3 is 2.43 bits per heavy atom. The van der Waals surface area contributed by atoms with Crippen molar-refractivity contribution in [1.29, 1.82) is 0 Å². The number of hydrogen-bond donors (Lipinski definition) is 0. The van der Waals surface area contributed by atoms with Crippen LogP contribution in [0.4, 0.5) is 0 Å². The Morgan fingerprint density at radius 1 is 1.14 bits per heavy atom. The van der Waals surface area contributed by atoms with Crippen molar-refractivity contribution in [3.8, 4) is 0 Å². The van der Waals surface area contributed by atoms with Gasteiger partial charge in [-0.05, 0) is 25.5 Å². The van der Waals surface area contributed by atoms with Crippen LogP contribution >= 0.6 is 0 Å². The van der Waals surface area contributed by atoms with Crippen molar-refractivity contribution in [1.82, 2.24) is 0 Å². The first-order valence-corrected chi connectivity index (χ1v) is 6.45. The van der Waals surface area contributed by atoms with Crippen LogP contribution in [0, 0.1) is 5.92 Å². The molecule has 3 aliphatic rings. The topological polar surface area (TPSA) is 12.4 Å². The van der Waals surface area contributed by atoms with Crippen LogP contribution in [-0.4, -0.2) is 5.71 Å². The Hall–Kier alpha value is -0.427. The van der Waals surface area contributed by atoms with E-state index in [-0.39, 0.29) is 51.0 Å². The zero-order chi connectivity index (χ0) is 12.5. The fourth-order valence-electron chi connectivity index (χ4n) is 2.55. The molecule has 3 rings (SSSR count). The largest absolute Gasteiger partial charge is 2.00 e. The molecule has 0 aromatic rings. The Kier molecular flexibility index (Phi) is 8.70. The van der Waals surface area contributed by atoms with Crippen LogP contribution in [0.1, 0.15) is 20.3 Å². The molecule has 108 valence electrons. The summed E-state index contributed by atoms with van der Waals surface area (Å²) < 4.78 is 0. The second kappa shape index (κ2) is 8.88. The minimum Gasteiger partial charge on any atom is -1.00 e. The van der Waals surface area contributed by atoms with E-state index in [1.54, 1.807) is 0 Å². The average Bonchev–Trinajstić information content (AvgIpc) is 3.01. The summed E-state index contributed by atoms with van der Waals surface area (Å²) in [6.07, 6.45) is 18.3. The van der Waals surface area contributed by atoms with Gasteiger partial charge in [0.2, 0.25) is 0 Å². The maximum atomic E-state index is 4.78. The molecule has 1 aliphatic heterocycles. The molecule has 0 aromatic heterocycles. The van der Waals surface area contributed by atoms with Gasteiger partial charge in [0.1, 0.15) is 0 Å². The zero-order valence-electron chi connectivity index (χ0n) is 12.1. The summed E-state index contributed by atoms with van der Waals surface area (Å²) in [6.45, 7) is 4.27. The Bertz CT molecular complexity index is 588. The molecule has 0 radical (unpaired) electrons. The van der Waals surface area contributed by atoms with E-state index in [2.05, 4.69) is 62.5 Å². The van der Waals surface area contributed by atoms with Gasteiger partial charge < -0.3 is 24.8 Å². The van der Waals surface area contributed by atoms with Crippen LogP contribution in [0.25, 0.3) is 0 Å². The minimum absolute atomic E-state index is 0. The molecule has 1 heterocycles. The van der Waals surface area contributed by atoms with Crippen molar-refractivity contribution in [2.24, 2.45) is 10.9 Å². The van der Waals surface area contributed by atoms with E-state index in [0.29, 0.717) is 5.92 Å². The molecule has 0 spiro atoms. The number of fused-ring (bicyclic) bond motifs is 1. The normalized spacial score (nSPS) is 17.6. The van der Waals surface area contributed by atoms with E-state index >= 15 is 0 Å². The molecule has 0 bridgehead atoms. The van der Waals surface area contributed by atoms with Gasteiger partial charge in [-0.1, -0.05) is 48.1 Å². The summed E-state index contributed by atoms with van der Waals surface area (Å²) in [6, 6.07) is 0. The van der Waals surface area contributed by atoms with Crippen LogP contribution in [-0.2, 0) is 26.2 Å². The number of rotatable bonds is 3. The monoisotopic (exact) mass is 395 g/mol. The van der Waals surface area contributed by atoms with Crippen molar-refractivity contribution in [2.45, 2.75) is 20.3 Å². The molecule has 1 nitrogen and oxygen atoms in total. The molecule has 0 fully saturated rings. The van der Waals surface area contributed by atoms with Crippen molar-refractivity contribution in [3.63, 3.8) is 0 Å². The van der Waals surface area contributed by atoms with Crippen molar-refractivity contribution >= 4 is 5.71 Å². The first-order chi connectivity index (χ1) is 8.75. The van der Waals surface area contributed by atoms with Crippen LogP contribution in [0.15, 0.2) is 76.0 Å². The van der Waals surface area contributed by atoms with Gasteiger partial charge in [-0.3, -0.25) is 4.99 Å². The molecule has 0 atom stereocenters. The summed E-state index contributed by atoms with van der Waals surface area (Å²) in [4.78, 5) is 4.78. The van der Waals surface area contributed by atoms with Gasteiger partial charge in [-0.15, -0.1) is 0 Å². The summed E-state index contributed by atoms with van der Waals surface area (Å²) >= 11 is 0. The molecule has 2 aliphatic carbocycles. The van der Waals surface area contributed by atoms with Crippen LogP contribution in [0.2, 0.25) is 0 Å². The number of nitrogens with zero attached hydrogens (tertiary/aromatic N) is 1. The molecular weight excluding hydrogens is 380 g/mol. The third kappa shape index (κ3) is 4.28. The van der Waals surface area contributed by atoms with Gasteiger partial charge in [0.25, 0.3) is 0 Å². The molecule has 0 N–H and O–H groups in total. The number of halogens is 2. The van der Waals surface area contributed by atoms with Gasteiger partial charge in [-0.25, -0.2) is 0 Å². The van der Waals surface area contributed by atoms with Crippen molar-refractivity contribution < 1.29 is 51.0 Å². The fourth-order valence-corrected chi connectivity index (χ4v) is 2.55. The molecule has 0 amide bonds. The van der Waals surface area contributed by atoms with E-state index in [1.165, 1.54) is 22.4 Å². The number of aliphatic imine (C=N–C) groups is 1. The quantitative estimate of drug-likeness (QED) is 0.504. The van der Waals surface area contributed by atoms with E-state index in [1.807, 2.05) is 0 Å². The van der Waals surface area contributed by atoms with E-state index in [4.69, 9.17) is 4.99 Å². The van der Waals surface area contributed by atoms with Gasteiger partial charge in [0.05, 0.1) is 5.70 Å². The molecule has 0 saturated heterocycles. The van der Waals surface area contributed by atoms with E-state index < -0.39 is 0 Å². The summed E-state index contributed by atoms with van der Waals surface area (Å²) in [5.74, 6) is 0.401. The maximum absolute atomic E-state index is 4.78. The van der Waals surface area contributed by atoms with E-state index in [9.17, 15) is 0 Å². The molecule has 0 aromatic carbocycles. The second-order valence-corrected chi connectivity index (χ2v) is 5.08. The maximum Gasteiger partial charge on any atom is 2.00 e. The molecule has 4 heteroatoms. The van der Waals surface area contributed by atoms with Gasteiger partial charge >= 0.3 is 26.2 Å².